The molecule has 0 aromatic carbocycles. The first-order valence-electron chi connectivity index (χ1n) is 12.3. The first-order valence-corrected chi connectivity index (χ1v) is 12.3. The van der Waals surface area contributed by atoms with E-state index in [1.54, 1.807) is 0 Å². The Bertz CT molecular complexity index is 912. The number of nitrogens with one attached hydrogen (secondary N) is 1. The van der Waals surface area contributed by atoms with Crippen LogP contribution in [0.1, 0.15) is 58.6 Å². The Morgan fingerprint density at radius 1 is 1.29 bits per heavy atom. The molecule has 188 valence electrons. The summed E-state index contributed by atoms with van der Waals surface area (Å²) in [5, 5.41) is 12.7. The lowest BCUT2D eigenvalue weighted by Crippen LogP contribution is -2.34. The van der Waals surface area contributed by atoms with E-state index >= 15 is 0 Å². The molecule has 0 aliphatic heterocycles. The summed E-state index contributed by atoms with van der Waals surface area (Å²) in [6.07, 6.45) is 19.5. The van der Waals surface area contributed by atoms with Gasteiger partial charge in [0, 0.05) is 32.2 Å². The average Bonchev–Trinajstić information content (AvgIpc) is 2.81. The maximum atomic E-state index is 12.4. The van der Waals surface area contributed by atoms with Gasteiger partial charge in [-0.3, -0.25) is 9.69 Å². The van der Waals surface area contributed by atoms with E-state index in [9.17, 15) is 9.90 Å². The van der Waals surface area contributed by atoms with Crippen molar-refractivity contribution in [2.45, 2.75) is 59.4 Å². The number of aliphatic hydroxyl groups excluding tert-OH is 1. The molecule has 4 N–H and O–H groups in total. The third kappa shape index (κ3) is 11.3. The lowest BCUT2D eigenvalue weighted by Gasteiger charge is -2.21. The van der Waals surface area contributed by atoms with Crippen molar-refractivity contribution in [3.8, 4) is 0 Å². The van der Waals surface area contributed by atoms with Crippen molar-refractivity contribution in [2.75, 3.05) is 37.4 Å². The fourth-order valence-corrected chi connectivity index (χ4v) is 3.39. The lowest BCUT2D eigenvalue weighted by atomic mass is 10.1. The summed E-state index contributed by atoms with van der Waals surface area (Å²) in [4.78, 5) is 19.0. The SMILES string of the molecule is C=C(/C=C\C=C/C)CCN(CCO)Cc1cc(=O)n(N)c(NC/C2=C/CCC/C=C\C2)n1.CC. The molecule has 0 atom stereocenters. The molecule has 7 nitrogen and oxygen atoms in total. The summed E-state index contributed by atoms with van der Waals surface area (Å²) in [6, 6.07) is 1.45. The first kappa shape index (κ1) is 29.1. The van der Waals surface area contributed by atoms with Crippen LogP contribution in [0.4, 0.5) is 5.95 Å². The number of anilines is 1. The van der Waals surface area contributed by atoms with Gasteiger partial charge in [0.15, 0.2) is 0 Å². The molecule has 7 heteroatoms. The topological polar surface area (TPSA) is 96.4 Å². The molecule has 0 amide bonds. The van der Waals surface area contributed by atoms with E-state index in [-0.39, 0.29) is 12.2 Å². The van der Waals surface area contributed by atoms with Crippen molar-refractivity contribution in [1.29, 1.82) is 0 Å². The normalized spacial score (nSPS) is 16.4. The molecule has 2 rings (SSSR count). The largest absolute Gasteiger partial charge is 0.395 e. The smallest absolute Gasteiger partial charge is 0.273 e. The van der Waals surface area contributed by atoms with Crippen LogP contribution in [-0.2, 0) is 6.54 Å². The Labute approximate surface area is 205 Å². The number of aliphatic hydroxyl groups is 1. The second-order valence-electron chi connectivity index (χ2n) is 7.89. The molecule has 0 saturated carbocycles. The van der Waals surface area contributed by atoms with Gasteiger partial charge < -0.3 is 16.3 Å². The summed E-state index contributed by atoms with van der Waals surface area (Å²) in [7, 11) is 0. The van der Waals surface area contributed by atoms with Crippen molar-refractivity contribution in [1.82, 2.24) is 14.6 Å². The minimum absolute atomic E-state index is 0.0294. The van der Waals surface area contributed by atoms with Crippen molar-refractivity contribution in [2.24, 2.45) is 0 Å². The van der Waals surface area contributed by atoms with Gasteiger partial charge in [0.1, 0.15) is 0 Å². The molecular formula is C27H43N5O2. The summed E-state index contributed by atoms with van der Waals surface area (Å²) < 4.78 is 1.05. The molecule has 0 unspecified atom stereocenters. The van der Waals surface area contributed by atoms with Gasteiger partial charge in [0.25, 0.3) is 5.56 Å². The first-order chi connectivity index (χ1) is 16.5. The standard InChI is InChI=1S/C25H37N5O2.C2H6/c1-3-4-8-11-21(2)14-15-29(16-17-31)20-23-18-24(32)30(26)25(28-23)27-19-22-12-9-6-5-7-10-13-22;1-2/h3-4,6,8-9,11,13,18,31H,2,5,7,10,12,14-17,19-20,26H2,1H3,(H,27,28);1-2H3/b4-3-,9-6-,11-8-,22-13+;. The molecule has 0 saturated heterocycles. The Kier molecular flexibility index (Phi) is 15.0. The number of aromatic nitrogens is 2. The van der Waals surface area contributed by atoms with E-state index in [0.717, 1.165) is 42.4 Å². The Hall–Kier alpha value is -2.90. The van der Waals surface area contributed by atoms with Crippen LogP contribution < -0.4 is 16.7 Å². The molecule has 1 aliphatic carbocycles. The maximum absolute atomic E-state index is 12.4. The molecule has 0 spiro atoms. The predicted octanol–water partition coefficient (Wildman–Crippen LogP) is 4.32. The van der Waals surface area contributed by atoms with Crippen LogP contribution in [0.3, 0.4) is 0 Å². The summed E-state index contributed by atoms with van der Waals surface area (Å²) >= 11 is 0. The highest BCUT2D eigenvalue weighted by Crippen LogP contribution is 2.13. The summed E-state index contributed by atoms with van der Waals surface area (Å²) in [5.74, 6) is 6.29. The van der Waals surface area contributed by atoms with Gasteiger partial charge in [0.2, 0.25) is 5.95 Å². The highest BCUT2D eigenvalue weighted by molar-refractivity contribution is 5.31. The highest BCUT2D eigenvalue weighted by Gasteiger charge is 2.12. The van der Waals surface area contributed by atoms with Gasteiger partial charge in [-0.2, -0.15) is 4.68 Å². The van der Waals surface area contributed by atoms with E-state index in [0.29, 0.717) is 37.8 Å². The monoisotopic (exact) mass is 469 g/mol. The van der Waals surface area contributed by atoms with Crippen LogP contribution in [0.25, 0.3) is 0 Å². The molecule has 1 aromatic heterocycles. The van der Waals surface area contributed by atoms with E-state index in [2.05, 4.69) is 40.0 Å². The second kappa shape index (κ2) is 17.6. The zero-order valence-electron chi connectivity index (χ0n) is 21.2. The van der Waals surface area contributed by atoms with E-state index in [4.69, 9.17) is 5.84 Å². The number of nitrogens with zero attached hydrogens (tertiary/aromatic N) is 3. The third-order valence-corrected chi connectivity index (χ3v) is 5.22. The van der Waals surface area contributed by atoms with E-state index in [1.807, 2.05) is 45.1 Å². The van der Waals surface area contributed by atoms with Crippen LogP contribution in [0.2, 0.25) is 0 Å². The number of nitrogens with two attached hydrogens (primary N) is 1. The Balaban J connectivity index is 0.00000281. The van der Waals surface area contributed by atoms with Crippen molar-refractivity contribution < 1.29 is 5.11 Å². The lowest BCUT2D eigenvalue weighted by molar-refractivity contribution is 0.190. The third-order valence-electron chi connectivity index (χ3n) is 5.22. The second-order valence-corrected chi connectivity index (χ2v) is 7.89. The highest BCUT2D eigenvalue weighted by atomic mass is 16.3. The van der Waals surface area contributed by atoms with Crippen LogP contribution in [0.15, 0.2) is 71.1 Å². The average molecular weight is 470 g/mol. The van der Waals surface area contributed by atoms with Gasteiger partial charge >= 0.3 is 0 Å². The molecule has 0 fully saturated rings. The van der Waals surface area contributed by atoms with E-state index < -0.39 is 0 Å². The number of hydrogen-bond donors (Lipinski definition) is 3. The number of nitrogen functional groups attached to an aromatic ring is 1. The van der Waals surface area contributed by atoms with Gasteiger partial charge in [0.05, 0.1) is 12.3 Å². The minimum Gasteiger partial charge on any atom is -0.395 e. The zero-order valence-corrected chi connectivity index (χ0v) is 21.2. The molecule has 0 bridgehead atoms. The van der Waals surface area contributed by atoms with Crippen molar-refractivity contribution in [3.63, 3.8) is 0 Å². The van der Waals surface area contributed by atoms with Gasteiger partial charge in [-0.15, -0.1) is 0 Å². The number of allylic oxidation sites excluding steroid dienone is 7. The summed E-state index contributed by atoms with van der Waals surface area (Å²) in [5.41, 5.74) is 2.56. The summed E-state index contributed by atoms with van der Waals surface area (Å²) in [6.45, 7) is 12.3. The minimum atomic E-state index is -0.313. The predicted molar refractivity (Wildman–Crippen MR) is 144 cm³/mol. The molecule has 34 heavy (non-hydrogen) atoms. The molecular weight excluding hydrogens is 426 g/mol. The molecule has 1 heterocycles. The maximum Gasteiger partial charge on any atom is 0.273 e. The van der Waals surface area contributed by atoms with E-state index in [1.165, 1.54) is 11.6 Å². The number of rotatable bonds is 12. The van der Waals surface area contributed by atoms with Crippen LogP contribution in [0.5, 0.6) is 0 Å². The van der Waals surface area contributed by atoms with Crippen molar-refractivity contribution >= 4 is 5.95 Å². The van der Waals surface area contributed by atoms with Gasteiger partial charge in [-0.1, -0.05) is 74.1 Å². The molecule has 1 aliphatic rings. The van der Waals surface area contributed by atoms with Crippen LogP contribution >= 0.6 is 0 Å². The fraction of sp³-hybridized carbons (Fsp3) is 0.481. The van der Waals surface area contributed by atoms with Gasteiger partial charge in [-0.05, 0) is 39.0 Å². The fourth-order valence-electron chi connectivity index (χ4n) is 3.39. The quantitative estimate of drug-likeness (QED) is 0.240. The molecule has 0 radical (unpaired) electrons. The van der Waals surface area contributed by atoms with Crippen molar-refractivity contribution in [3.05, 3.63) is 82.4 Å². The van der Waals surface area contributed by atoms with Crippen LogP contribution in [-0.4, -0.2) is 45.9 Å². The zero-order chi connectivity index (χ0) is 25.2. The molecule has 1 aromatic rings. The Morgan fingerprint density at radius 3 is 2.82 bits per heavy atom. The van der Waals surface area contributed by atoms with Gasteiger partial charge in [-0.25, -0.2) is 4.98 Å². The Morgan fingerprint density at radius 2 is 2.09 bits per heavy atom. The van der Waals surface area contributed by atoms with Crippen LogP contribution in [0, 0.1) is 0 Å². The number of hydrogen-bond acceptors (Lipinski definition) is 6.